The monoisotopic (exact) mass is 387 g/mol. The SMILES string of the molecule is COc1cc(Cl)c(C)cc1NC(=O)N1CCN(c2cccc(C)c2C)CC1. The van der Waals surface area contributed by atoms with Crippen molar-refractivity contribution in [1.29, 1.82) is 0 Å². The standard InChI is InChI=1S/C21H26ClN3O2/c1-14-6-5-7-19(16(14)3)24-8-10-25(11-9-24)21(26)23-18-12-15(2)17(22)13-20(18)27-4/h5-7,12-13H,8-11H2,1-4H3,(H,23,26). The summed E-state index contributed by atoms with van der Waals surface area (Å²) in [6.07, 6.45) is 0. The molecular formula is C21H26ClN3O2. The van der Waals surface area contributed by atoms with Crippen molar-refractivity contribution in [2.24, 2.45) is 0 Å². The Morgan fingerprint density at radius 1 is 1.07 bits per heavy atom. The maximum Gasteiger partial charge on any atom is 0.322 e. The third kappa shape index (κ3) is 4.14. The number of carbonyl (C=O) groups is 1. The number of nitrogens with zero attached hydrogens (tertiary/aromatic N) is 2. The van der Waals surface area contributed by atoms with E-state index in [1.54, 1.807) is 13.2 Å². The Kier molecular flexibility index (Phi) is 5.80. The third-order valence-electron chi connectivity index (χ3n) is 5.21. The van der Waals surface area contributed by atoms with Crippen LogP contribution in [0.3, 0.4) is 0 Å². The first-order chi connectivity index (χ1) is 12.9. The fourth-order valence-electron chi connectivity index (χ4n) is 3.35. The van der Waals surface area contributed by atoms with Crippen molar-refractivity contribution in [2.75, 3.05) is 43.5 Å². The minimum Gasteiger partial charge on any atom is -0.495 e. The molecule has 0 unspecified atom stereocenters. The highest BCUT2D eigenvalue weighted by molar-refractivity contribution is 6.31. The van der Waals surface area contributed by atoms with E-state index in [0.29, 0.717) is 29.5 Å². The van der Waals surface area contributed by atoms with Crippen molar-refractivity contribution < 1.29 is 9.53 Å². The fraction of sp³-hybridized carbons (Fsp3) is 0.381. The van der Waals surface area contributed by atoms with Crippen molar-refractivity contribution >= 4 is 29.0 Å². The molecule has 0 radical (unpaired) electrons. The van der Waals surface area contributed by atoms with E-state index < -0.39 is 0 Å². The Morgan fingerprint density at radius 3 is 2.44 bits per heavy atom. The molecule has 1 heterocycles. The molecule has 0 spiro atoms. The smallest absolute Gasteiger partial charge is 0.322 e. The second-order valence-electron chi connectivity index (χ2n) is 6.92. The highest BCUT2D eigenvalue weighted by Crippen LogP contribution is 2.31. The summed E-state index contributed by atoms with van der Waals surface area (Å²) >= 11 is 6.14. The molecule has 1 aliphatic rings. The molecule has 144 valence electrons. The van der Waals surface area contributed by atoms with Gasteiger partial charge in [0.05, 0.1) is 12.8 Å². The maximum absolute atomic E-state index is 12.7. The number of hydrogen-bond acceptors (Lipinski definition) is 3. The molecule has 3 rings (SSSR count). The molecule has 2 amide bonds. The number of nitrogens with one attached hydrogen (secondary N) is 1. The summed E-state index contributed by atoms with van der Waals surface area (Å²) in [5, 5.41) is 3.58. The Balaban J connectivity index is 1.65. The zero-order chi connectivity index (χ0) is 19.6. The molecule has 0 atom stereocenters. The second kappa shape index (κ2) is 8.09. The van der Waals surface area contributed by atoms with Crippen LogP contribution < -0.4 is 15.0 Å². The van der Waals surface area contributed by atoms with E-state index in [1.165, 1.54) is 16.8 Å². The summed E-state index contributed by atoms with van der Waals surface area (Å²) in [6.45, 7) is 9.16. The third-order valence-corrected chi connectivity index (χ3v) is 5.61. The number of urea groups is 1. The van der Waals surface area contributed by atoms with Gasteiger partial charge in [-0.25, -0.2) is 4.79 Å². The van der Waals surface area contributed by atoms with Gasteiger partial charge >= 0.3 is 6.03 Å². The highest BCUT2D eigenvalue weighted by Gasteiger charge is 2.23. The number of carbonyl (C=O) groups excluding carboxylic acids is 1. The summed E-state index contributed by atoms with van der Waals surface area (Å²) in [5.41, 5.74) is 5.38. The predicted octanol–water partition coefficient (Wildman–Crippen LogP) is 4.63. The van der Waals surface area contributed by atoms with E-state index in [-0.39, 0.29) is 6.03 Å². The quantitative estimate of drug-likeness (QED) is 0.835. The number of piperazine rings is 1. The Morgan fingerprint density at radius 2 is 1.78 bits per heavy atom. The molecule has 1 fully saturated rings. The number of amides is 2. The van der Waals surface area contributed by atoms with Gasteiger partial charge in [-0.1, -0.05) is 23.7 Å². The minimum absolute atomic E-state index is 0.115. The fourth-order valence-corrected chi connectivity index (χ4v) is 3.51. The summed E-state index contributed by atoms with van der Waals surface area (Å²) in [6, 6.07) is 9.82. The molecular weight excluding hydrogens is 362 g/mol. The molecule has 0 saturated carbocycles. The van der Waals surface area contributed by atoms with Gasteiger partial charge in [0.1, 0.15) is 5.75 Å². The molecule has 2 aromatic rings. The Labute approximate surface area is 165 Å². The van der Waals surface area contributed by atoms with E-state index >= 15 is 0 Å². The number of methoxy groups -OCH3 is 1. The van der Waals surface area contributed by atoms with Crippen LogP contribution in [-0.4, -0.2) is 44.2 Å². The second-order valence-corrected chi connectivity index (χ2v) is 7.33. The zero-order valence-corrected chi connectivity index (χ0v) is 17.1. The summed E-state index contributed by atoms with van der Waals surface area (Å²) < 4.78 is 5.34. The molecule has 1 saturated heterocycles. The Hall–Kier alpha value is -2.40. The van der Waals surface area contributed by atoms with E-state index in [4.69, 9.17) is 16.3 Å². The van der Waals surface area contributed by atoms with Gasteiger partial charge in [0.2, 0.25) is 0 Å². The molecule has 0 aliphatic carbocycles. The van der Waals surface area contributed by atoms with Crippen molar-refractivity contribution in [2.45, 2.75) is 20.8 Å². The molecule has 6 heteroatoms. The topological polar surface area (TPSA) is 44.8 Å². The lowest BCUT2D eigenvalue weighted by molar-refractivity contribution is 0.208. The Bertz CT molecular complexity index is 846. The number of hydrogen-bond donors (Lipinski definition) is 1. The van der Waals surface area contributed by atoms with Gasteiger partial charge in [0.15, 0.2) is 0 Å². The van der Waals surface area contributed by atoms with Gasteiger partial charge in [-0.05, 0) is 49.6 Å². The predicted molar refractivity (Wildman–Crippen MR) is 111 cm³/mol. The molecule has 5 nitrogen and oxygen atoms in total. The number of aryl methyl sites for hydroxylation is 2. The van der Waals surface area contributed by atoms with Crippen molar-refractivity contribution in [3.63, 3.8) is 0 Å². The lowest BCUT2D eigenvalue weighted by Crippen LogP contribution is -2.50. The van der Waals surface area contributed by atoms with Gasteiger partial charge in [-0.15, -0.1) is 0 Å². The van der Waals surface area contributed by atoms with Crippen LogP contribution in [0.4, 0.5) is 16.2 Å². The number of rotatable bonds is 3. The van der Waals surface area contributed by atoms with Crippen molar-refractivity contribution in [1.82, 2.24) is 4.90 Å². The van der Waals surface area contributed by atoms with Crippen LogP contribution in [0.1, 0.15) is 16.7 Å². The van der Waals surface area contributed by atoms with E-state index in [9.17, 15) is 4.79 Å². The van der Waals surface area contributed by atoms with Crippen LogP contribution in [0, 0.1) is 20.8 Å². The van der Waals surface area contributed by atoms with Gasteiger partial charge in [0.25, 0.3) is 0 Å². The van der Waals surface area contributed by atoms with Crippen LogP contribution in [0.5, 0.6) is 5.75 Å². The normalized spacial score (nSPS) is 14.3. The summed E-state index contributed by atoms with van der Waals surface area (Å²) in [4.78, 5) is 16.9. The van der Waals surface area contributed by atoms with E-state index in [2.05, 4.69) is 42.3 Å². The van der Waals surface area contributed by atoms with Crippen LogP contribution >= 0.6 is 11.6 Å². The lowest BCUT2D eigenvalue weighted by atomic mass is 10.1. The largest absolute Gasteiger partial charge is 0.495 e. The number of anilines is 2. The van der Waals surface area contributed by atoms with Gasteiger partial charge in [-0.2, -0.15) is 0 Å². The summed E-state index contributed by atoms with van der Waals surface area (Å²) in [5.74, 6) is 0.563. The lowest BCUT2D eigenvalue weighted by Gasteiger charge is -2.37. The molecule has 27 heavy (non-hydrogen) atoms. The first-order valence-electron chi connectivity index (χ1n) is 9.12. The minimum atomic E-state index is -0.115. The van der Waals surface area contributed by atoms with E-state index in [0.717, 1.165) is 18.7 Å². The van der Waals surface area contributed by atoms with Crippen LogP contribution in [0.15, 0.2) is 30.3 Å². The average molecular weight is 388 g/mol. The van der Waals surface area contributed by atoms with Crippen molar-refractivity contribution in [3.05, 3.63) is 52.0 Å². The first-order valence-corrected chi connectivity index (χ1v) is 9.49. The summed E-state index contributed by atoms with van der Waals surface area (Å²) in [7, 11) is 1.57. The first kappa shape index (κ1) is 19.4. The number of benzene rings is 2. The average Bonchev–Trinajstić information content (AvgIpc) is 2.67. The van der Waals surface area contributed by atoms with E-state index in [1.807, 2.05) is 17.9 Å². The maximum atomic E-state index is 12.7. The van der Waals surface area contributed by atoms with Crippen LogP contribution in [-0.2, 0) is 0 Å². The molecule has 1 aliphatic heterocycles. The van der Waals surface area contributed by atoms with Gasteiger partial charge in [0, 0.05) is 43.0 Å². The number of ether oxygens (including phenoxy) is 1. The zero-order valence-electron chi connectivity index (χ0n) is 16.3. The molecule has 0 bridgehead atoms. The number of halogens is 1. The van der Waals surface area contributed by atoms with Crippen molar-refractivity contribution in [3.8, 4) is 5.75 Å². The molecule has 1 N–H and O–H groups in total. The van der Waals surface area contributed by atoms with Crippen LogP contribution in [0.2, 0.25) is 5.02 Å². The molecule has 2 aromatic carbocycles. The molecule has 0 aromatic heterocycles. The highest BCUT2D eigenvalue weighted by atomic mass is 35.5. The van der Waals surface area contributed by atoms with Crippen LogP contribution in [0.25, 0.3) is 0 Å². The van der Waals surface area contributed by atoms with Gasteiger partial charge < -0.3 is 19.9 Å². The van der Waals surface area contributed by atoms with Gasteiger partial charge in [-0.3, -0.25) is 0 Å².